The number of anilines is 1. The van der Waals surface area contributed by atoms with E-state index in [-0.39, 0.29) is 29.5 Å². The van der Waals surface area contributed by atoms with Crippen LogP contribution in [0.3, 0.4) is 0 Å². The number of ether oxygens (including phenoxy) is 1. The van der Waals surface area contributed by atoms with E-state index < -0.39 is 17.5 Å². The molecule has 0 aliphatic carbocycles. The van der Waals surface area contributed by atoms with Gasteiger partial charge in [-0.3, -0.25) is 9.78 Å². The maximum absolute atomic E-state index is 13.6. The maximum atomic E-state index is 13.6. The number of hydrogen-bond acceptors (Lipinski definition) is 9. The summed E-state index contributed by atoms with van der Waals surface area (Å²) >= 11 is 1.36. The summed E-state index contributed by atoms with van der Waals surface area (Å²) in [6.07, 6.45) is 2.22. The molecule has 3 aromatic heterocycles. The van der Waals surface area contributed by atoms with Crippen molar-refractivity contribution in [3.63, 3.8) is 0 Å². The Bertz CT molecular complexity index is 1250. The van der Waals surface area contributed by atoms with Crippen LogP contribution in [0.25, 0.3) is 10.3 Å². The van der Waals surface area contributed by atoms with Crippen LogP contribution in [0, 0.1) is 18.7 Å². The summed E-state index contributed by atoms with van der Waals surface area (Å²) in [6.45, 7) is 10.5. The maximum Gasteiger partial charge on any atom is 0.407 e. The van der Waals surface area contributed by atoms with Crippen LogP contribution in [0.15, 0.2) is 18.5 Å². The fourth-order valence-corrected chi connectivity index (χ4v) is 4.48. The molecule has 0 bridgehead atoms. The molecule has 1 fully saturated rings. The number of likely N-dealkylation sites (tertiary alicyclic amines) is 1. The second-order valence-electron chi connectivity index (χ2n) is 9.54. The van der Waals surface area contributed by atoms with Gasteiger partial charge in [0.05, 0.1) is 17.2 Å². The number of halogens is 1. The first-order valence-electron chi connectivity index (χ1n) is 11.3. The van der Waals surface area contributed by atoms with Gasteiger partial charge in [0.1, 0.15) is 16.1 Å². The Morgan fingerprint density at radius 2 is 2.00 bits per heavy atom. The van der Waals surface area contributed by atoms with E-state index in [9.17, 15) is 14.0 Å². The minimum absolute atomic E-state index is 0.130. The van der Waals surface area contributed by atoms with Crippen molar-refractivity contribution in [1.29, 1.82) is 0 Å². The highest BCUT2D eigenvalue weighted by atomic mass is 32.1. The zero-order valence-electron chi connectivity index (χ0n) is 20.3. The van der Waals surface area contributed by atoms with E-state index in [0.717, 1.165) is 11.2 Å². The highest BCUT2D eigenvalue weighted by Gasteiger charge is 2.34. The second kappa shape index (κ2) is 9.68. The highest BCUT2D eigenvalue weighted by Crippen LogP contribution is 2.28. The Labute approximate surface area is 206 Å². The van der Waals surface area contributed by atoms with Gasteiger partial charge in [-0.25, -0.2) is 19.2 Å². The van der Waals surface area contributed by atoms with Gasteiger partial charge < -0.3 is 20.3 Å². The minimum atomic E-state index is -0.564. The van der Waals surface area contributed by atoms with E-state index in [1.807, 2.05) is 13.8 Å². The molecule has 186 valence electrons. The Hall–Kier alpha value is -3.41. The van der Waals surface area contributed by atoms with Crippen LogP contribution in [0.1, 0.15) is 54.8 Å². The summed E-state index contributed by atoms with van der Waals surface area (Å²) < 4.78 is 19.4. The fraction of sp³-hybridized carbons (Fsp3) is 0.478. The summed E-state index contributed by atoms with van der Waals surface area (Å²) in [6, 6.07) is 1.04. The SMILES string of the molecule is Cc1nc2nc(N[C@@H](C)c3cncc(F)c3)nc(C(=O)N3CC(CNC(=O)OC(C)(C)C)C3)c2s1. The third-order valence-electron chi connectivity index (χ3n) is 5.31. The Morgan fingerprint density at radius 1 is 1.26 bits per heavy atom. The Kier molecular flexibility index (Phi) is 6.84. The normalized spacial score (nSPS) is 15.0. The number of fused-ring (bicyclic) bond motifs is 1. The van der Waals surface area contributed by atoms with Crippen molar-refractivity contribution in [3.8, 4) is 0 Å². The predicted molar refractivity (Wildman–Crippen MR) is 130 cm³/mol. The number of pyridine rings is 1. The lowest BCUT2D eigenvalue weighted by Crippen LogP contribution is -2.54. The largest absolute Gasteiger partial charge is 0.444 e. The average Bonchev–Trinajstić information content (AvgIpc) is 3.10. The van der Waals surface area contributed by atoms with Gasteiger partial charge >= 0.3 is 6.09 Å². The lowest BCUT2D eigenvalue weighted by Gasteiger charge is -2.39. The van der Waals surface area contributed by atoms with Gasteiger partial charge in [-0.05, 0) is 46.2 Å². The van der Waals surface area contributed by atoms with Crippen LogP contribution in [-0.2, 0) is 4.74 Å². The number of alkyl carbamates (subject to hydrolysis) is 1. The molecular weight excluding hydrogens is 473 g/mol. The average molecular weight is 502 g/mol. The fourth-order valence-electron chi connectivity index (χ4n) is 3.64. The quantitative estimate of drug-likeness (QED) is 0.524. The molecule has 1 aliphatic heterocycles. The smallest absolute Gasteiger partial charge is 0.407 e. The van der Waals surface area contributed by atoms with Crippen LogP contribution < -0.4 is 10.6 Å². The van der Waals surface area contributed by atoms with Gasteiger partial charge in [0.15, 0.2) is 11.3 Å². The molecule has 0 radical (unpaired) electrons. The summed E-state index contributed by atoms with van der Waals surface area (Å²) in [5, 5.41) is 6.64. The van der Waals surface area contributed by atoms with Gasteiger partial charge in [-0.2, -0.15) is 4.98 Å². The predicted octanol–water partition coefficient (Wildman–Crippen LogP) is 3.70. The van der Waals surface area contributed by atoms with Crippen LogP contribution in [0.2, 0.25) is 0 Å². The number of carbonyl (C=O) groups is 2. The Balaban J connectivity index is 1.45. The third-order valence-corrected chi connectivity index (χ3v) is 6.28. The number of nitrogens with zero attached hydrogens (tertiary/aromatic N) is 5. The van der Waals surface area contributed by atoms with Crippen molar-refractivity contribution in [3.05, 3.63) is 40.5 Å². The minimum Gasteiger partial charge on any atom is -0.444 e. The van der Waals surface area contributed by atoms with Crippen LogP contribution in [0.4, 0.5) is 15.1 Å². The van der Waals surface area contributed by atoms with Gasteiger partial charge in [0.25, 0.3) is 5.91 Å². The molecule has 0 spiro atoms. The summed E-state index contributed by atoms with van der Waals surface area (Å²) in [5.74, 6) is -0.304. The van der Waals surface area contributed by atoms with Crippen LogP contribution in [-0.4, -0.2) is 62.1 Å². The highest BCUT2D eigenvalue weighted by molar-refractivity contribution is 7.18. The van der Waals surface area contributed by atoms with Crippen molar-refractivity contribution < 1.29 is 18.7 Å². The molecule has 0 saturated carbocycles. The molecule has 35 heavy (non-hydrogen) atoms. The number of hydrogen-bond donors (Lipinski definition) is 2. The number of thiazole rings is 1. The topological polar surface area (TPSA) is 122 Å². The first kappa shape index (κ1) is 24.7. The molecule has 0 aromatic carbocycles. The molecule has 12 heteroatoms. The van der Waals surface area contributed by atoms with Crippen molar-refractivity contribution in [1.82, 2.24) is 30.2 Å². The monoisotopic (exact) mass is 501 g/mol. The van der Waals surface area contributed by atoms with E-state index >= 15 is 0 Å². The number of amides is 2. The Morgan fingerprint density at radius 3 is 2.69 bits per heavy atom. The van der Waals surface area contributed by atoms with Gasteiger partial charge in [-0.15, -0.1) is 11.3 Å². The van der Waals surface area contributed by atoms with E-state index in [4.69, 9.17) is 4.74 Å². The number of carbonyl (C=O) groups excluding carboxylic acids is 2. The molecule has 2 amide bonds. The summed E-state index contributed by atoms with van der Waals surface area (Å²) in [5.41, 5.74) is 0.762. The van der Waals surface area contributed by atoms with E-state index in [1.165, 1.54) is 17.4 Å². The first-order chi connectivity index (χ1) is 16.5. The number of aromatic nitrogens is 4. The van der Waals surface area contributed by atoms with Gasteiger partial charge in [-0.1, -0.05) is 0 Å². The summed E-state index contributed by atoms with van der Waals surface area (Å²) in [7, 11) is 0. The molecule has 3 aromatic rings. The van der Waals surface area contributed by atoms with Crippen LogP contribution in [0.5, 0.6) is 0 Å². The zero-order valence-corrected chi connectivity index (χ0v) is 21.1. The molecule has 4 rings (SSSR count). The van der Waals surface area contributed by atoms with E-state index in [1.54, 1.807) is 31.9 Å². The molecule has 4 heterocycles. The first-order valence-corrected chi connectivity index (χ1v) is 12.1. The van der Waals surface area contributed by atoms with Crippen molar-refractivity contribution >= 4 is 39.6 Å². The van der Waals surface area contributed by atoms with E-state index in [0.29, 0.717) is 35.5 Å². The lowest BCUT2D eigenvalue weighted by molar-refractivity contribution is 0.0419. The molecule has 1 atom stereocenters. The molecule has 1 aliphatic rings. The molecule has 0 unspecified atom stereocenters. The van der Waals surface area contributed by atoms with Gasteiger partial charge in [0, 0.05) is 31.7 Å². The van der Waals surface area contributed by atoms with E-state index in [2.05, 4.69) is 30.6 Å². The van der Waals surface area contributed by atoms with Crippen molar-refractivity contribution in [2.75, 3.05) is 25.0 Å². The van der Waals surface area contributed by atoms with Crippen molar-refractivity contribution in [2.45, 2.75) is 46.3 Å². The molecular formula is C23H28FN7O3S. The third kappa shape index (κ3) is 5.99. The van der Waals surface area contributed by atoms with Gasteiger partial charge in [0.2, 0.25) is 5.95 Å². The second-order valence-corrected chi connectivity index (χ2v) is 10.7. The summed E-state index contributed by atoms with van der Waals surface area (Å²) in [4.78, 5) is 44.1. The zero-order chi connectivity index (χ0) is 25.3. The number of aryl methyl sites for hydroxylation is 1. The molecule has 1 saturated heterocycles. The number of rotatable bonds is 6. The molecule has 2 N–H and O–H groups in total. The molecule has 10 nitrogen and oxygen atoms in total. The van der Waals surface area contributed by atoms with Crippen LogP contribution >= 0.6 is 11.3 Å². The van der Waals surface area contributed by atoms with Crippen molar-refractivity contribution in [2.24, 2.45) is 5.92 Å². The lowest BCUT2D eigenvalue weighted by atomic mass is 9.99. The standard InChI is InChI=1S/C23H28FN7O3S/c1-12(15-6-16(24)9-25-8-15)27-21-29-17(18-19(30-21)28-13(2)35-18)20(32)31-10-14(11-31)7-26-22(33)34-23(3,4)5/h6,8-9,12,14H,7,10-11H2,1-5H3,(H,26,33)(H,27,29,30)/t12-/m0/s1. The number of nitrogens with one attached hydrogen (secondary N) is 2.